The maximum absolute atomic E-state index is 13.6. The van der Waals surface area contributed by atoms with E-state index in [1.165, 1.54) is 0 Å². The molecule has 0 saturated heterocycles. The van der Waals surface area contributed by atoms with Gasteiger partial charge in [-0.3, -0.25) is 24.4 Å². The lowest BCUT2D eigenvalue weighted by molar-refractivity contribution is -0.476. The zero-order valence-corrected chi connectivity index (χ0v) is 14.7. The molecule has 0 unspecified atom stereocenters. The number of nitrogens with zero attached hydrogens (tertiary/aromatic N) is 2. The normalized spacial score (nSPS) is 13.8. The van der Waals surface area contributed by atoms with E-state index in [1.54, 1.807) is 4.74 Å². The third-order valence-electron chi connectivity index (χ3n) is 3.12. The molecule has 0 radical (unpaired) electrons. The van der Waals surface area contributed by atoms with Gasteiger partial charge in [0.25, 0.3) is 11.4 Å². The Labute approximate surface area is 163 Å². The molecular weight excluding hydrogens is 491 g/mol. The van der Waals surface area contributed by atoms with E-state index >= 15 is 0 Å². The number of nitro groups is 2. The van der Waals surface area contributed by atoms with Gasteiger partial charge < -0.3 is 0 Å². The number of alkyl halides is 9. The number of nitro benzene ring substituents is 2. The van der Waals surface area contributed by atoms with E-state index in [9.17, 15) is 68.2 Å². The molecule has 0 saturated carbocycles. The van der Waals surface area contributed by atoms with Crippen LogP contribution in [0.1, 0.15) is 5.56 Å². The van der Waals surface area contributed by atoms with Gasteiger partial charge in [-0.1, -0.05) is 0 Å². The molecule has 176 valence electrons. The Morgan fingerprint density at radius 3 is 1.61 bits per heavy atom. The Morgan fingerprint density at radius 1 is 0.839 bits per heavy atom. The number of benzene rings is 1. The highest BCUT2D eigenvalue weighted by Gasteiger charge is 2.75. The molecule has 0 N–H and O–H groups in total. The van der Waals surface area contributed by atoms with Crippen molar-refractivity contribution in [2.24, 2.45) is 0 Å². The fourth-order valence-electron chi connectivity index (χ4n) is 1.69. The minimum Gasteiger partial charge on any atom is -0.260 e. The molecule has 10 nitrogen and oxygen atoms in total. The van der Waals surface area contributed by atoms with Crippen molar-refractivity contribution in [2.75, 3.05) is 0 Å². The van der Waals surface area contributed by atoms with Crippen molar-refractivity contribution in [3.8, 4) is 0 Å². The second-order valence-electron chi connectivity index (χ2n) is 5.16. The average Bonchev–Trinajstić information content (AvgIpc) is 2.57. The highest BCUT2D eigenvalue weighted by molar-refractivity contribution is 7.87. The van der Waals surface area contributed by atoms with Crippen LogP contribution in [0.3, 0.4) is 0 Å². The van der Waals surface area contributed by atoms with Crippen LogP contribution in [-0.2, 0) is 25.6 Å². The molecule has 0 fully saturated rings. The van der Waals surface area contributed by atoms with E-state index in [-0.39, 0.29) is 0 Å². The van der Waals surface area contributed by atoms with Crippen LogP contribution in [0.15, 0.2) is 18.2 Å². The summed E-state index contributed by atoms with van der Waals surface area (Å²) in [5, 5.41) is 14.7. The topological polar surface area (TPSA) is 139 Å². The number of halogens is 9. The molecule has 1 aromatic carbocycles. The lowest BCUT2D eigenvalue weighted by atomic mass is 10.1. The monoisotopic (exact) mass is 496 g/mol. The molecule has 1 aromatic rings. The van der Waals surface area contributed by atoms with Gasteiger partial charge in [0.15, 0.2) is 0 Å². The molecule has 0 heterocycles. The number of rotatable bonds is 9. The van der Waals surface area contributed by atoms with Crippen molar-refractivity contribution in [1.82, 2.24) is 0 Å². The highest BCUT2D eigenvalue weighted by atomic mass is 32.2. The van der Waals surface area contributed by atoms with E-state index in [0.717, 1.165) is 0 Å². The quantitative estimate of drug-likeness (QED) is 0.218. The van der Waals surface area contributed by atoms with E-state index < -0.39 is 67.2 Å². The van der Waals surface area contributed by atoms with E-state index in [4.69, 9.17) is 0 Å². The third kappa shape index (κ3) is 5.12. The van der Waals surface area contributed by atoms with Crippen LogP contribution in [0.25, 0.3) is 0 Å². The number of hydrogen-bond acceptors (Lipinski definition) is 8. The molecule has 0 spiro atoms. The van der Waals surface area contributed by atoms with Crippen molar-refractivity contribution < 1.29 is 66.7 Å². The minimum absolute atomic E-state index is 0.498. The first-order valence-corrected chi connectivity index (χ1v) is 8.29. The number of hydrogen-bond donors (Lipinski definition) is 0. The molecular formula is C11H5F9N2O8S. The van der Waals surface area contributed by atoms with Crippen LogP contribution in [0.4, 0.5) is 50.9 Å². The lowest BCUT2D eigenvalue weighted by Gasteiger charge is -2.29. The fraction of sp³-hybridized carbons (Fsp3) is 0.455. The predicted octanol–water partition coefficient (Wildman–Crippen LogP) is 3.71. The first-order valence-electron chi connectivity index (χ1n) is 6.88. The second-order valence-corrected chi connectivity index (χ2v) is 6.81. The molecule has 20 heteroatoms. The Morgan fingerprint density at radius 2 is 1.26 bits per heavy atom. The summed E-state index contributed by atoms with van der Waals surface area (Å²) in [6.45, 7) is -2.07. The zero-order chi connectivity index (χ0) is 24.6. The summed E-state index contributed by atoms with van der Waals surface area (Å²) < 4.78 is 142. The molecule has 31 heavy (non-hydrogen) atoms. The average molecular weight is 496 g/mol. The zero-order valence-electron chi connectivity index (χ0n) is 13.9. The first kappa shape index (κ1) is 26.3. The van der Waals surface area contributed by atoms with Gasteiger partial charge in [0.05, 0.1) is 9.85 Å². The van der Waals surface area contributed by atoms with Crippen molar-refractivity contribution in [2.45, 2.75) is 30.3 Å². The summed E-state index contributed by atoms with van der Waals surface area (Å²) in [6.07, 6.45) is -20.9. The van der Waals surface area contributed by atoms with Crippen LogP contribution in [0.5, 0.6) is 0 Å². The summed E-state index contributed by atoms with van der Waals surface area (Å²) >= 11 is 0. The van der Waals surface area contributed by atoms with Gasteiger partial charge in [-0.25, -0.2) is 4.74 Å². The van der Waals surface area contributed by atoms with Gasteiger partial charge in [0.1, 0.15) is 12.2 Å². The van der Waals surface area contributed by atoms with Gasteiger partial charge in [0, 0.05) is 12.1 Å². The minimum atomic E-state index is -7.17. The van der Waals surface area contributed by atoms with Crippen molar-refractivity contribution in [3.05, 3.63) is 44.0 Å². The Kier molecular flexibility index (Phi) is 6.85. The van der Waals surface area contributed by atoms with Crippen LogP contribution in [0, 0.1) is 20.2 Å². The fourth-order valence-corrected chi connectivity index (χ4v) is 2.44. The summed E-state index contributed by atoms with van der Waals surface area (Å²) in [5.41, 5.74) is -3.92. The van der Waals surface area contributed by atoms with Gasteiger partial charge in [-0.15, -0.1) is 0 Å². The van der Waals surface area contributed by atoms with Crippen LogP contribution >= 0.6 is 0 Å². The summed E-state index contributed by atoms with van der Waals surface area (Å²) in [7, 11) is -7.17. The van der Waals surface area contributed by atoms with Crippen LogP contribution in [-0.4, -0.2) is 41.9 Å². The standard InChI is InChI=1S/C11H5F9N2O8S/c12-8(13,14)9(15,16)30-10(17,18)11(19,20)31(27,28)29-4-5-6(21(23)24)2-1-3-7(5)22(25)26/h1-3H,4H2. The van der Waals surface area contributed by atoms with Crippen molar-refractivity contribution >= 4 is 21.5 Å². The third-order valence-corrected chi connectivity index (χ3v) is 4.41. The summed E-state index contributed by atoms with van der Waals surface area (Å²) in [4.78, 5) is 18.9. The Hall–Kier alpha value is -2.74. The maximum atomic E-state index is 13.6. The van der Waals surface area contributed by atoms with E-state index in [1.807, 2.05) is 0 Å². The Balaban J connectivity index is 3.32. The molecule has 0 atom stereocenters. The smallest absolute Gasteiger partial charge is 0.260 e. The Bertz CT molecular complexity index is 947. The molecule has 0 aliphatic rings. The molecule has 0 aromatic heterocycles. The lowest BCUT2D eigenvalue weighted by Crippen LogP contribution is -2.55. The number of ether oxygens (including phenoxy) is 1. The first-order chi connectivity index (χ1) is 13.7. The van der Waals surface area contributed by atoms with E-state index in [2.05, 4.69) is 4.18 Å². The SMILES string of the molecule is O=[N+]([O-])c1cccc([N+](=O)[O-])c1COS(=O)(=O)C(F)(F)C(F)(F)OC(F)(F)C(F)(F)F. The van der Waals surface area contributed by atoms with Crippen molar-refractivity contribution in [1.29, 1.82) is 0 Å². The van der Waals surface area contributed by atoms with Gasteiger partial charge in [-0.05, 0) is 6.07 Å². The maximum Gasteiger partial charge on any atom is 0.483 e. The van der Waals surface area contributed by atoms with Crippen LogP contribution < -0.4 is 0 Å². The van der Waals surface area contributed by atoms with Gasteiger partial charge in [-0.2, -0.15) is 47.9 Å². The molecule has 0 bridgehead atoms. The van der Waals surface area contributed by atoms with E-state index in [0.29, 0.717) is 18.2 Å². The molecule has 0 aliphatic carbocycles. The molecule has 0 aliphatic heterocycles. The molecule has 0 amide bonds. The van der Waals surface area contributed by atoms with Gasteiger partial charge >= 0.3 is 33.8 Å². The summed E-state index contributed by atoms with van der Waals surface area (Å²) in [6, 6.07) is 1.69. The largest absolute Gasteiger partial charge is 0.483 e. The van der Waals surface area contributed by atoms with Crippen LogP contribution in [0.2, 0.25) is 0 Å². The van der Waals surface area contributed by atoms with Gasteiger partial charge in [0.2, 0.25) is 0 Å². The second kappa shape index (κ2) is 8.07. The predicted molar refractivity (Wildman–Crippen MR) is 75.4 cm³/mol. The highest BCUT2D eigenvalue weighted by Crippen LogP contribution is 2.48. The van der Waals surface area contributed by atoms with Crippen molar-refractivity contribution in [3.63, 3.8) is 0 Å². The molecule has 1 rings (SSSR count). The summed E-state index contributed by atoms with van der Waals surface area (Å²) in [5.74, 6) is 0.